The van der Waals surface area contributed by atoms with Crippen LogP contribution in [0.25, 0.3) is 0 Å². The van der Waals surface area contributed by atoms with Gasteiger partial charge in [-0.15, -0.1) is 4.40 Å². The van der Waals surface area contributed by atoms with E-state index in [0.29, 0.717) is 31.1 Å². The third kappa shape index (κ3) is 4.34. The van der Waals surface area contributed by atoms with Crippen molar-refractivity contribution in [2.75, 3.05) is 19.4 Å². The lowest BCUT2D eigenvalue weighted by atomic mass is 10.1. The number of nitrogens with one attached hydrogen (secondary N) is 1. The molecular weight excluding hydrogens is 342 g/mol. The van der Waals surface area contributed by atoms with Crippen molar-refractivity contribution < 1.29 is 17.9 Å². The highest BCUT2D eigenvalue weighted by Gasteiger charge is 2.24. The summed E-state index contributed by atoms with van der Waals surface area (Å²) in [7, 11) is -1.74. The Labute approximate surface area is 146 Å². The molecule has 0 aliphatic carbocycles. The van der Waals surface area contributed by atoms with E-state index in [4.69, 9.17) is 4.74 Å². The molecule has 7 nitrogen and oxygen atoms in total. The van der Waals surface area contributed by atoms with Crippen LogP contribution in [0.5, 0.6) is 0 Å². The molecule has 2 heterocycles. The SMILES string of the molecule is COCc1ccc(CNC(=O)C2=CN3CCS(=O)(=O)N=C3C=C2)cc1. The molecule has 2 aliphatic heterocycles. The van der Waals surface area contributed by atoms with Gasteiger partial charge in [0, 0.05) is 26.4 Å². The van der Waals surface area contributed by atoms with Gasteiger partial charge in [-0.2, -0.15) is 0 Å². The van der Waals surface area contributed by atoms with Gasteiger partial charge in [0.2, 0.25) is 0 Å². The molecule has 1 amide bonds. The predicted molar refractivity (Wildman–Crippen MR) is 94.2 cm³/mol. The normalized spacial score (nSPS) is 18.2. The lowest BCUT2D eigenvalue weighted by Crippen LogP contribution is -2.38. The number of amides is 1. The summed E-state index contributed by atoms with van der Waals surface area (Å²) in [6, 6.07) is 7.81. The highest BCUT2D eigenvalue weighted by Crippen LogP contribution is 2.16. The molecule has 2 aliphatic rings. The number of carbonyl (C=O) groups is 1. The molecular formula is C17H19N3O4S. The maximum Gasteiger partial charge on any atom is 0.256 e. The number of sulfonamides is 1. The molecule has 0 radical (unpaired) electrons. The van der Waals surface area contributed by atoms with Gasteiger partial charge >= 0.3 is 0 Å². The van der Waals surface area contributed by atoms with E-state index in [1.54, 1.807) is 30.4 Å². The number of amidine groups is 1. The summed E-state index contributed by atoms with van der Waals surface area (Å²) in [5.74, 6) is 0.0741. The van der Waals surface area contributed by atoms with Gasteiger partial charge in [-0.25, -0.2) is 8.42 Å². The molecule has 1 aromatic carbocycles. The van der Waals surface area contributed by atoms with Crippen molar-refractivity contribution in [3.8, 4) is 0 Å². The Balaban J connectivity index is 1.61. The minimum atomic E-state index is -3.39. The van der Waals surface area contributed by atoms with Gasteiger partial charge in [-0.1, -0.05) is 24.3 Å². The highest BCUT2D eigenvalue weighted by atomic mass is 32.2. The summed E-state index contributed by atoms with van der Waals surface area (Å²) in [5, 5.41) is 2.86. The zero-order chi connectivity index (χ0) is 17.9. The second kappa shape index (κ2) is 7.20. The van der Waals surface area contributed by atoms with E-state index < -0.39 is 10.0 Å². The number of rotatable bonds is 5. The number of carbonyl (C=O) groups excluding carboxylic acids is 1. The molecule has 25 heavy (non-hydrogen) atoms. The topological polar surface area (TPSA) is 88.1 Å². The average Bonchev–Trinajstić information content (AvgIpc) is 2.60. The predicted octanol–water partition coefficient (Wildman–Crippen LogP) is 0.947. The van der Waals surface area contributed by atoms with Crippen LogP contribution in [0.4, 0.5) is 0 Å². The van der Waals surface area contributed by atoms with E-state index in [1.165, 1.54) is 0 Å². The monoisotopic (exact) mass is 361 g/mol. The van der Waals surface area contributed by atoms with Gasteiger partial charge in [0.25, 0.3) is 15.9 Å². The third-order valence-electron chi connectivity index (χ3n) is 3.87. The van der Waals surface area contributed by atoms with Gasteiger partial charge in [0.15, 0.2) is 0 Å². The Morgan fingerprint density at radius 3 is 2.68 bits per heavy atom. The van der Waals surface area contributed by atoms with Gasteiger partial charge in [-0.05, 0) is 23.3 Å². The van der Waals surface area contributed by atoms with E-state index in [0.717, 1.165) is 11.1 Å². The quantitative estimate of drug-likeness (QED) is 0.843. The summed E-state index contributed by atoms with van der Waals surface area (Å²) in [6.45, 7) is 1.26. The first-order valence-electron chi connectivity index (χ1n) is 7.81. The van der Waals surface area contributed by atoms with Crippen LogP contribution in [0.3, 0.4) is 0 Å². The summed E-state index contributed by atoms with van der Waals surface area (Å²) in [6.07, 6.45) is 4.75. The molecule has 0 atom stereocenters. The van der Waals surface area contributed by atoms with Crippen molar-refractivity contribution in [3.63, 3.8) is 0 Å². The molecule has 0 fully saturated rings. The van der Waals surface area contributed by atoms with E-state index in [9.17, 15) is 13.2 Å². The molecule has 0 bridgehead atoms. The van der Waals surface area contributed by atoms with E-state index in [2.05, 4.69) is 9.71 Å². The van der Waals surface area contributed by atoms with Crippen molar-refractivity contribution in [3.05, 3.63) is 59.3 Å². The molecule has 0 saturated heterocycles. The van der Waals surface area contributed by atoms with E-state index >= 15 is 0 Å². The van der Waals surface area contributed by atoms with Crippen LogP contribution in [-0.4, -0.2) is 44.5 Å². The Morgan fingerprint density at radius 2 is 1.96 bits per heavy atom. The van der Waals surface area contributed by atoms with Gasteiger partial charge in [-0.3, -0.25) is 4.79 Å². The van der Waals surface area contributed by atoms with Crippen LogP contribution in [0.15, 0.2) is 52.6 Å². The summed E-state index contributed by atoms with van der Waals surface area (Å²) in [5.41, 5.74) is 2.52. The molecule has 0 spiro atoms. The Morgan fingerprint density at radius 1 is 1.24 bits per heavy atom. The third-order valence-corrected chi connectivity index (χ3v) is 5.04. The second-order valence-electron chi connectivity index (χ2n) is 5.78. The molecule has 0 saturated carbocycles. The van der Waals surface area contributed by atoms with Crippen LogP contribution in [0.1, 0.15) is 11.1 Å². The van der Waals surface area contributed by atoms with Gasteiger partial charge < -0.3 is 15.0 Å². The zero-order valence-corrected chi connectivity index (χ0v) is 14.6. The largest absolute Gasteiger partial charge is 0.380 e. The molecule has 0 aromatic heterocycles. The number of benzene rings is 1. The molecule has 1 N–H and O–H groups in total. The molecule has 132 valence electrons. The standard InChI is InChI=1S/C17H19N3O4S/c1-24-12-14-4-2-13(3-5-14)10-18-17(21)15-6-7-16-19-25(22,23)9-8-20(16)11-15/h2-7,11H,8-10,12H2,1H3,(H,18,21). The van der Waals surface area contributed by atoms with Gasteiger partial charge in [0.05, 0.1) is 17.9 Å². The lowest BCUT2D eigenvalue weighted by molar-refractivity contribution is -0.117. The average molecular weight is 361 g/mol. The Kier molecular flexibility index (Phi) is 5.00. The van der Waals surface area contributed by atoms with Crippen molar-refractivity contribution in [1.29, 1.82) is 0 Å². The zero-order valence-electron chi connectivity index (χ0n) is 13.8. The number of fused-ring (bicyclic) bond motifs is 1. The van der Waals surface area contributed by atoms with Crippen LogP contribution < -0.4 is 5.32 Å². The first-order chi connectivity index (χ1) is 12.0. The number of ether oxygens (including phenoxy) is 1. The van der Waals surface area contributed by atoms with Crippen LogP contribution in [-0.2, 0) is 32.7 Å². The smallest absolute Gasteiger partial charge is 0.256 e. The van der Waals surface area contributed by atoms with Crippen LogP contribution in [0.2, 0.25) is 0 Å². The molecule has 1 aromatic rings. The van der Waals surface area contributed by atoms with Crippen molar-refractivity contribution in [2.45, 2.75) is 13.2 Å². The fourth-order valence-corrected chi connectivity index (χ4v) is 3.51. The molecule has 8 heteroatoms. The minimum Gasteiger partial charge on any atom is -0.380 e. The van der Waals surface area contributed by atoms with Crippen LogP contribution >= 0.6 is 0 Å². The minimum absolute atomic E-state index is 0.0520. The van der Waals surface area contributed by atoms with E-state index in [-0.39, 0.29) is 11.7 Å². The van der Waals surface area contributed by atoms with Crippen LogP contribution in [0, 0.1) is 0 Å². The number of hydrogen-bond acceptors (Lipinski definition) is 5. The number of hydrogen-bond donors (Lipinski definition) is 1. The fraction of sp³-hybridized carbons (Fsp3) is 0.294. The van der Waals surface area contributed by atoms with E-state index in [1.807, 2.05) is 24.3 Å². The van der Waals surface area contributed by atoms with Crippen molar-refractivity contribution >= 4 is 21.8 Å². The molecule has 0 unspecified atom stereocenters. The highest BCUT2D eigenvalue weighted by molar-refractivity contribution is 7.90. The summed E-state index contributed by atoms with van der Waals surface area (Å²) in [4.78, 5) is 14.0. The van der Waals surface area contributed by atoms with Gasteiger partial charge in [0.1, 0.15) is 5.84 Å². The fourth-order valence-electron chi connectivity index (χ4n) is 2.54. The number of methoxy groups -OCH3 is 1. The summed E-state index contributed by atoms with van der Waals surface area (Å²) >= 11 is 0. The maximum absolute atomic E-state index is 12.3. The van der Waals surface area contributed by atoms with Crippen molar-refractivity contribution in [1.82, 2.24) is 10.2 Å². The Bertz CT molecular complexity index is 854. The first-order valence-corrected chi connectivity index (χ1v) is 9.42. The summed E-state index contributed by atoms with van der Waals surface area (Å²) < 4.78 is 31.7. The molecule has 3 rings (SSSR count). The Hall–Kier alpha value is -2.45. The lowest BCUT2D eigenvalue weighted by Gasteiger charge is -2.26. The first kappa shape index (κ1) is 17.4. The maximum atomic E-state index is 12.3. The number of nitrogens with zero attached hydrogens (tertiary/aromatic N) is 2. The second-order valence-corrected chi connectivity index (χ2v) is 7.53. The van der Waals surface area contributed by atoms with Crippen molar-refractivity contribution in [2.24, 2.45) is 4.40 Å².